The van der Waals surface area contributed by atoms with E-state index < -0.39 is 10.3 Å². The zero-order chi connectivity index (χ0) is 8.43. The maximum atomic E-state index is 10.5. The van der Waals surface area contributed by atoms with Gasteiger partial charge in [-0.2, -0.15) is 8.42 Å². The molecule has 0 aromatic rings. The Morgan fingerprint density at radius 2 is 2.18 bits per heavy atom. The molecule has 1 rings (SSSR count). The first-order chi connectivity index (χ1) is 5.11. The molecular formula is C7H8O3S. The quantitative estimate of drug-likeness (QED) is 0.547. The zero-order valence-electron chi connectivity index (χ0n) is 5.98. The smallest absolute Gasteiger partial charge is 0.218 e. The molecule has 4 heteroatoms. The first-order valence-corrected chi connectivity index (χ1v) is 4.23. The first kappa shape index (κ1) is 8.07. The van der Waals surface area contributed by atoms with Crippen LogP contribution in [0, 0.1) is 5.92 Å². The molecule has 1 N–H and O–H groups in total. The van der Waals surface area contributed by atoms with E-state index in [1.807, 2.05) is 0 Å². The Labute approximate surface area is 66.2 Å². The van der Waals surface area contributed by atoms with Gasteiger partial charge in [0.2, 0.25) is 10.3 Å². The third-order valence-corrected chi connectivity index (χ3v) is 2.36. The predicted octanol–water partition coefficient (Wildman–Crippen LogP) is 0.686. The van der Waals surface area contributed by atoms with Gasteiger partial charge < -0.3 is 5.11 Å². The van der Waals surface area contributed by atoms with Gasteiger partial charge in [0.25, 0.3) is 0 Å². The number of aliphatic hydroxyl groups excluding tert-OH is 1. The summed E-state index contributed by atoms with van der Waals surface area (Å²) in [5, 5.41) is 8.93. The van der Waals surface area contributed by atoms with Crippen molar-refractivity contribution in [1.82, 2.24) is 0 Å². The minimum absolute atomic E-state index is 0.0118. The van der Waals surface area contributed by atoms with E-state index in [2.05, 4.69) is 0 Å². The van der Waals surface area contributed by atoms with Crippen LogP contribution in [0.5, 0.6) is 0 Å². The van der Waals surface area contributed by atoms with Crippen molar-refractivity contribution in [2.75, 3.05) is 0 Å². The molecule has 0 bridgehead atoms. The van der Waals surface area contributed by atoms with Crippen LogP contribution in [0.15, 0.2) is 24.0 Å². The summed E-state index contributed by atoms with van der Waals surface area (Å²) < 4.78 is 21.0. The van der Waals surface area contributed by atoms with Crippen molar-refractivity contribution in [3.63, 3.8) is 0 Å². The molecule has 1 aliphatic carbocycles. The molecule has 0 aromatic carbocycles. The van der Waals surface area contributed by atoms with Gasteiger partial charge in [0.05, 0.1) is 4.86 Å². The van der Waals surface area contributed by atoms with E-state index in [1.54, 1.807) is 13.0 Å². The summed E-state index contributed by atoms with van der Waals surface area (Å²) >= 11 is 0. The van der Waals surface area contributed by atoms with Crippen molar-refractivity contribution >= 4 is 15.2 Å². The Hall–Kier alpha value is -1.03. The molecule has 0 saturated carbocycles. The lowest BCUT2D eigenvalue weighted by molar-refractivity contribution is 0.431. The summed E-state index contributed by atoms with van der Waals surface area (Å²) in [5.41, 5.74) is 0. The lowest BCUT2D eigenvalue weighted by Gasteiger charge is -2.07. The Bertz CT molecular complexity index is 338. The zero-order valence-corrected chi connectivity index (χ0v) is 6.80. The van der Waals surface area contributed by atoms with E-state index in [-0.39, 0.29) is 16.5 Å². The predicted molar refractivity (Wildman–Crippen MR) is 42.9 cm³/mol. The summed E-state index contributed by atoms with van der Waals surface area (Å²) in [6, 6.07) is 0. The minimum Gasteiger partial charge on any atom is -0.508 e. The van der Waals surface area contributed by atoms with Crippen LogP contribution in [-0.4, -0.2) is 18.4 Å². The molecule has 0 radical (unpaired) electrons. The van der Waals surface area contributed by atoms with Gasteiger partial charge in [0.15, 0.2) is 0 Å². The monoisotopic (exact) mass is 172 g/mol. The van der Waals surface area contributed by atoms with Crippen LogP contribution in [0.1, 0.15) is 6.92 Å². The summed E-state index contributed by atoms with van der Waals surface area (Å²) in [4.78, 5) is 0.227. The molecular weight excluding hydrogens is 164 g/mol. The highest BCUT2D eigenvalue weighted by atomic mass is 32.2. The largest absolute Gasteiger partial charge is 0.508 e. The fourth-order valence-electron chi connectivity index (χ4n) is 0.863. The molecule has 0 heterocycles. The topological polar surface area (TPSA) is 54.4 Å². The second-order valence-electron chi connectivity index (χ2n) is 2.35. The highest BCUT2D eigenvalue weighted by molar-refractivity contribution is 7.73. The Kier molecular flexibility index (Phi) is 2.14. The highest BCUT2D eigenvalue weighted by Gasteiger charge is 2.11. The normalized spacial score (nSPS) is 23.2. The van der Waals surface area contributed by atoms with Crippen molar-refractivity contribution in [2.24, 2.45) is 5.92 Å². The fourth-order valence-corrected chi connectivity index (χ4v) is 1.46. The summed E-state index contributed by atoms with van der Waals surface area (Å²) in [5.74, 6) is -0.147. The van der Waals surface area contributed by atoms with Gasteiger partial charge in [-0.05, 0) is 12.2 Å². The number of hydrogen-bond donors (Lipinski definition) is 1. The molecule has 1 unspecified atom stereocenters. The third-order valence-electron chi connectivity index (χ3n) is 1.49. The molecule has 0 saturated heterocycles. The van der Waals surface area contributed by atoms with Gasteiger partial charge in [0.1, 0.15) is 5.76 Å². The van der Waals surface area contributed by atoms with Crippen molar-refractivity contribution in [3.8, 4) is 0 Å². The van der Waals surface area contributed by atoms with Gasteiger partial charge in [-0.25, -0.2) is 0 Å². The van der Waals surface area contributed by atoms with Crippen LogP contribution in [0.4, 0.5) is 0 Å². The van der Waals surface area contributed by atoms with Crippen molar-refractivity contribution in [3.05, 3.63) is 24.0 Å². The SMILES string of the molecule is CC1C=CC(O)=CC1=S(=O)=O. The molecule has 0 amide bonds. The second-order valence-corrected chi connectivity index (χ2v) is 3.29. The van der Waals surface area contributed by atoms with Crippen molar-refractivity contribution in [2.45, 2.75) is 6.92 Å². The Morgan fingerprint density at radius 3 is 2.64 bits per heavy atom. The lowest BCUT2D eigenvalue weighted by atomic mass is 10.0. The van der Waals surface area contributed by atoms with E-state index >= 15 is 0 Å². The summed E-state index contributed by atoms with van der Waals surface area (Å²) in [7, 11) is -2.22. The minimum atomic E-state index is -2.22. The molecule has 60 valence electrons. The molecule has 1 aliphatic rings. The van der Waals surface area contributed by atoms with Crippen molar-refractivity contribution < 1.29 is 13.5 Å². The number of allylic oxidation sites excluding steroid dienone is 3. The van der Waals surface area contributed by atoms with Gasteiger partial charge in [-0.3, -0.25) is 0 Å². The number of aliphatic hydroxyl groups is 1. The van der Waals surface area contributed by atoms with E-state index in [1.165, 1.54) is 12.2 Å². The molecule has 3 nitrogen and oxygen atoms in total. The van der Waals surface area contributed by atoms with E-state index in [0.29, 0.717) is 0 Å². The van der Waals surface area contributed by atoms with Crippen LogP contribution < -0.4 is 0 Å². The summed E-state index contributed by atoms with van der Waals surface area (Å²) in [6.45, 7) is 1.75. The maximum absolute atomic E-state index is 10.5. The number of rotatable bonds is 0. The second kappa shape index (κ2) is 2.92. The van der Waals surface area contributed by atoms with E-state index in [9.17, 15) is 8.42 Å². The van der Waals surface area contributed by atoms with Gasteiger partial charge in [-0.15, -0.1) is 0 Å². The van der Waals surface area contributed by atoms with Crippen LogP contribution >= 0.6 is 0 Å². The standard InChI is InChI=1S/C7H8O3S/c1-5-2-3-6(8)4-7(5)11(9)10/h2-5,8H,1H3. The Morgan fingerprint density at radius 1 is 1.55 bits per heavy atom. The molecule has 1 atom stereocenters. The number of hydrogen-bond acceptors (Lipinski definition) is 3. The maximum Gasteiger partial charge on any atom is 0.218 e. The van der Waals surface area contributed by atoms with E-state index in [4.69, 9.17) is 5.11 Å². The molecule has 0 aliphatic heterocycles. The average Bonchev–Trinajstić information content (AvgIpc) is 1.94. The Balaban J connectivity index is 3.21. The lowest BCUT2D eigenvalue weighted by Crippen LogP contribution is -2.10. The van der Waals surface area contributed by atoms with Gasteiger partial charge in [-0.1, -0.05) is 13.0 Å². The average molecular weight is 172 g/mol. The van der Waals surface area contributed by atoms with E-state index in [0.717, 1.165) is 0 Å². The molecule has 11 heavy (non-hydrogen) atoms. The van der Waals surface area contributed by atoms with Crippen molar-refractivity contribution in [1.29, 1.82) is 0 Å². The van der Waals surface area contributed by atoms with Crippen LogP contribution in [0.25, 0.3) is 0 Å². The van der Waals surface area contributed by atoms with Crippen LogP contribution in [0.2, 0.25) is 0 Å². The van der Waals surface area contributed by atoms with Gasteiger partial charge >= 0.3 is 0 Å². The van der Waals surface area contributed by atoms with Gasteiger partial charge in [0, 0.05) is 5.92 Å². The molecule has 0 spiro atoms. The van der Waals surface area contributed by atoms with Crippen LogP contribution in [0.3, 0.4) is 0 Å². The summed E-state index contributed by atoms with van der Waals surface area (Å²) in [6.07, 6.45) is 4.38. The molecule has 0 aromatic heterocycles. The fraction of sp³-hybridized carbons (Fsp3) is 0.286. The highest BCUT2D eigenvalue weighted by Crippen LogP contribution is 2.10. The van der Waals surface area contributed by atoms with Crippen LogP contribution in [-0.2, 0) is 10.3 Å². The molecule has 0 fully saturated rings. The third kappa shape index (κ3) is 1.71. The first-order valence-electron chi connectivity index (χ1n) is 3.16.